The third kappa shape index (κ3) is 4.27. The number of hydrogen-bond donors (Lipinski definition) is 3. The summed E-state index contributed by atoms with van der Waals surface area (Å²) in [4.78, 5) is 16.0. The average molecular weight is 433 g/mol. The summed E-state index contributed by atoms with van der Waals surface area (Å²) in [6, 6.07) is 17.5. The molecule has 4 rings (SSSR count). The van der Waals surface area contributed by atoms with Crippen LogP contribution in [-0.4, -0.2) is 30.2 Å². The fraction of sp³-hybridized carbons (Fsp3) is 0.269. The first-order valence-electron chi connectivity index (χ1n) is 10.8. The largest absolute Gasteiger partial charge is 0.497 e. The molecule has 4 aromatic rings. The first-order valence-corrected chi connectivity index (χ1v) is 10.8. The quantitative estimate of drug-likeness (QED) is 0.350. The number of rotatable bonds is 8. The molecule has 0 aliphatic heterocycles. The van der Waals surface area contributed by atoms with Crippen LogP contribution in [0.3, 0.4) is 0 Å². The molecule has 0 fully saturated rings. The van der Waals surface area contributed by atoms with Gasteiger partial charge < -0.3 is 24.9 Å². The molecule has 0 saturated heterocycles. The molecule has 0 radical (unpaired) electrons. The molecule has 0 bridgehead atoms. The van der Waals surface area contributed by atoms with Gasteiger partial charge in [-0.1, -0.05) is 31.2 Å². The number of carbonyl (C=O) groups excluding carboxylic acids is 1. The maximum Gasteiger partial charge on any atom is 0.224 e. The minimum atomic E-state index is -0.815. The molecule has 0 spiro atoms. The Morgan fingerprint density at radius 2 is 1.91 bits per heavy atom. The molecule has 1 aromatic heterocycles. The number of methoxy groups -OCH3 is 2. The van der Waals surface area contributed by atoms with Crippen molar-refractivity contribution < 1.29 is 19.4 Å². The Balaban J connectivity index is 1.44. The van der Waals surface area contributed by atoms with E-state index in [1.807, 2.05) is 18.2 Å². The monoisotopic (exact) mass is 432 g/mol. The van der Waals surface area contributed by atoms with Crippen LogP contribution in [0.25, 0.3) is 21.8 Å². The normalized spacial score (nSPS) is 12.1. The summed E-state index contributed by atoms with van der Waals surface area (Å²) in [7, 11) is 3.12. The molecule has 1 atom stereocenters. The second kappa shape index (κ2) is 9.32. The number of aryl methyl sites for hydroxylation is 1. The SMILES string of the molecule is CCc1cccc2c1[nH]c1cc(NC(=O)CCC(O)c3ccc(OC)cc3OC)ccc12. The van der Waals surface area contributed by atoms with Crippen LogP contribution in [0.2, 0.25) is 0 Å². The number of ether oxygens (including phenoxy) is 2. The molecule has 1 heterocycles. The lowest BCUT2D eigenvalue weighted by atomic mass is 10.0. The minimum absolute atomic E-state index is 0.152. The van der Waals surface area contributed by atoms with Gasteiger partial charge in [-0.25, -0.2) is 0 Å². The molecule has 0 aliphatic carbocycles. The Kier molecular flexibility index (Phi) is 6.32. The number of hydrogen-bond acceptors (Lipinski definition) is 4. The lowest BCUT2D eigenvalue weighted by Gasteiger charge is -2.15. The van der Waals surface area contributed by atoms with Crippen molar-refractivity contribution in [3.63, 3.8) is 0 Å². The van der Waals surface area contributed by atoms with Gasteiger partial charge in [-0.2, -0.15) is 0 Å². The molecule has 6 nitrogen and oxygen atoms in total. The molecule has 0 saturated carbocycles. The standard InChI is InChI=1S/C26H28N2O4/c1-4-16-6-5-7-20-19-10-8-17(14-22(19)28-26(16)20)27-25(30)13-12-23(29)21-11-9-18(31-2)15-24(21)32-3/h5-11,14-15,23,28-29H,4,12-13H2,1-3H3,(H,27,30). The van der Waals surface area contributed by atoms with Crippen LogP contribution in [0.15, 0.2) is 54.6 Å². The number of aromatic nitrogens is 1. The van der Waals surface area contributed by atoms with Gasteiger partial charge in [0.1, 0.15) is 11.5 Å². The van der Waals surface area contributed by atoms with Crippen molar-refractivity contribution in [2.45, 2.75) is 32.3 Å². The predicted octanol–water partition coefficient (Wildman–Crippen LogP) is 5.35. The van der Waals surface area contributed by atoms with Crippen LogP contribution in [0.4, 0.5) is 5.69 Å². The van der Waals surface area contributed by atoms with Gasteiger partial charge in [0, 0.05) is 45.5 Å². The zero-order valence-electron chi connectivity index (χ0n) is 18.6. The summed E-state index contributed by atoms with van der Waals surface area (Å²) in [5, 5.41) is 15.8. The molecule has 1 unspecified atom stereocenters. The van der Waals surface area contributed by atoms with Crippen LogP contribution >= 0.6 is 0 Å². The average Bonchev–Trinajstić information content (AvgIpc) is 3.19. The number of aromatic amines is 1. The lowest BCUT2D eigenvalue weighted by Crippen LogP contribution is -2.13. The second-order valence-corrected chi connectivity index (χ2v) is 7.79. The lowest BCUT2D eigenvalue weighted by molar-refractivity contribution is -0.116. The number of nitrogens with one attached hydrogen (secondary N) is 2. The van der Waals surface area contributed by atoms with Crippen molar-refractivity contribution in [2.24, 2.45) is 0 Å². The predicted molar refractivity (Wildman–Crippen MR) is 128 cm³/mol. The van der Waals surface area contributed by atoms with Gasteiger partial charge in [0.2, 0.25) is 5.91 Å². The highest BCUT2D eigenvalue weighted by Crippen LogP contribution is 2.32. The van der Waals surface area contributed by atoms with E-state index in [2.05, 4.69) is 35.4 Å². The number of carbonyl (C=O) groups is 1. The van der Waals surface area contributed by atoms with Crippen molar-refractivity contribution in [2.75, 3.05) is 19.5 Å². The zero-order valence-corrected chi connectivity index (χ0v) is 18.6. The zero-order chi connectivity index (χ0) is 22.7. The Morgan fingerprint density at radius 1 is 1.06 bits per heavy atom. The number of H-pyrrole nitrogens is 1. The van der Waals surface area contributed by atoms with E-state index in [1.54, 1.807) is 32.4 Å². The first-order chi connectivity index (χ1) is 15.5. The number of benzene rings is 3. The summed E-state index contributed by atoms with van der Waals surface area (Å²) in [6.07, 6.45) is 0.601. The molecule has 3 aromatic carbocycles. The van der Waals surface area contributed by atoms with Crippen LogP contribution in [0.5, 0.6) is 11.5 Å². The van der Waals surface area contributed by atoms with Crippen LogP contribution in [0.1, 0.15) is 37.0 Å². The maximum absolute atomic E-state index is 12.5. The summed E-state index contributed by atoms with van der Waals surface area (Å²) < 4.78 is 10.5. The molecule has 6 heteroatoms. The van der Waals surface area contributed by atoms with E-state index in [-0.39, 0.29) is 18.7 Å². The van der Waals surface area contributed by atoms with E-state index in [0.29, 0.717) is 17.1 Å². The summed E-state index contributed by atoms with van der Waals surface area (Å²) >= 11 is 0. The second-order valence-electron chi connectivity index (χ2n) is 7.79. The Bertz CT molecular complexity index is 1260. The van der Waals surface area contributed by atoms with Crippen molar-refractivity contribution >= 4 is 33.4 Å². The molecule has 1 amide bonds. The minimum Gasteiger partial charge on any atom is -0.497 e. The smallest absolute Gasteiger partial charge is 0.224 e. The number of para-hydroxylation sites is 1. The Morgan fingerprint density at radius 3 is 2.66 bits per heavy atom. The van der Waals surface area contributed by atoms with Gasteiger partial charge in [-0.05, 0) is 42.7 Å². The van der Waals surface area contributed by atoms with Crippen molar-refractivity contribution in [1.82, 2.24) is 4.98 Å². The topological polar surface area (TPSA) is 83.6 Å². The van der Waals surface area contributed by atoms with E-state index in [0.717, 1.165) is 28.5 Å². The number of anilines is 1. The fourth-order valence-corrected chi connectivity index (χ4v) is 4.10. The highest BCUT2D eigenvalue weighted by atomic mass is 16.5. The first kappa shape index (κ1) is 21.7. The van der Waals surface area contributed by atoms with Gasteiger partial charge in [-0.15, -0.1) is 0 Å². The van der Waals surface area contributed by atoms with Gasteiger partial charge in [0.05, 0.1) is 20.3 Å². The third-order valence-electron chi connectivity index (χ3n) is 5.83. The Hall–Kier alpha value is -3.51. The van der Waals surface area contributed by atoms with Crippen molar-refractivity contribution in [3.8, 4) is 11.5 Å². The van der Waals surface area contributed by atoms with Crippen molar-refractivity contribution in [1.29, 1.82) is 0 Å². The van der Waals surface area contributed by atoms with Gasteiger partial charge in [0.25, 0.3) is 0 Å². The molecule has 0 aliphatic rings. The van der Waals surface area contributed by atoms with Gasteiger partial charge in [0.15, 0.2) is 0 Å². The highest BCUT2D eigenvalue weighted by Gasteiger charge is 2.16. The third-order valence-corrected chi connectivity index (χ3v) is 5.83. The van der Waals surface area contributed by atoms with Crippen molar-refractivity contribution in [3.05, 3.63) is 65.7 Å². The molecular weight excluding hydrogens is 404 g/mol. The van der Waals surface area contributed by atoms with E-state index < -0.39 is 6.10 Å². The number of fused-ring (bicyclic) bond motifs is 3. The maximum atomic E-state index is 12.5. The van der Waals surface area contributed by atoms with Crippen LogP contribution < -0.4 is 14.8 Å². The van der Waals surface area contributed by atoms with Crippen LogP contribution in [0, 0.1) is 0 Å². The van der Waals surface area contributed by atoms with Gasteiger partial charge in [-0.3, -0.25) is 4.79 Å². The fourth-order valence-electron chi connectivity index (χ4n) is 4.10. The summed E-state index contributed by atoms with van der Waals surface area (Å²) in [6.45, 7) is 2.14. The van der Waals surface area contributed by atoms with E-state index in [4.69, 9.17) is 9.47 Å². The molecule has 3 N–H and O–H groups in total. The number of aliphatic hydroxyl groups excluding tert-OH is 1. The Labute approximate surface area is 187 Å². The number of amides is 1. The number of aliphatic hydroxyl groups is 1. The summed E-state index contributed by atoms with van der Waals surface area (Å²) in [5.74, 6) is 1.03. The molecular formula is C26H28N2O4. The molecule has 166 valence electrons. The van der Waals surface area contributed by atoms with E-state index in [9.17, 15) is 9.90 Å². The van der Waals surface area contributed by atoms with Crippen LogP contribution in [-0.2, 0) is 11.2 Å². The van der Waals surface area contributed by atoms with Gasteiger partial charge >= 0.3 is 0 Å². The van der Waals surface area contributed by atoms with E-state index >= 15 is 0 Å². The highest BCUT2D eigenvalue weighted by molar-refractivity contribution is 6.09. The summed E-state index contributed by atoms with van der Waals surface area (Å²) in [5.41, 5.74) is 4.76. The van der Waals surface area contributed by atoms with E-state index in [1.165, 1.54) is 10.9 Å². The molecule has 32 heavy (non-hydrogen) atoms.